The van der Waals surface area contributed by atoms with Crippen LogP contribution in [0.25, 0.3) is 10.8 Å². The molecule has 3 aromatic rings. The maximum absolute atomic E-state index is 5.36. The van der Waals surface area contributed by atoms with E-state index in [-0.39, 0.29) is 0 Å². The monoisotopic (exact) mass is 391 g/mol. The van der Waals surface area contributed by atoms with Crippen LogP contribution in [0, 0.1) is 0 Å². The number of nitrogens with one attached hydrogen (secondary N) is 1. The lowest BCUT2D eigenvalue weighted by Crippen LogP contribution is -2.52. The molecule has 0 unspecified atom stereocenters. The Morgan fingerprint density at radius 1 is 1.10 bits per heavy atom. The molecule has 0 spiro atoms. The molecule has 1 aliphatic rings. The Morgan fingerprint density at radius 3 is 2.66 bits per heavy atom. The first-order valence-corrected chi connectivity index (χ1v) is 10.4. The van der Waals surface area contributed by atoms with Gasteiger partial charge >= 0.3 is 0 Å². The molecular weight excluding hydrogens is 362 g/mol. The Labute approximate surface area is 172 Å². The molecule has 0 bridgehead atoms. The molecule has 6 heteroatoms. The average Bonchev–Trinajstić information content (AvgIpc) is 3.24. The van der Waals surface area contributed by atoms with Gasteiger partial charge in [0.2, 0.25) is 0 Å². The molecule has 1 N–H and O–H groups in total. The first kappa shape index (κ1) is 19.5. The van der Waals surface area contributed by atoms with Crippen LogP contribution in [0.15, 0.2) is 58.0 Å². The van der Waals surface area contributed by atoms with Gasteiger partial charge < -0.3 is 14.7 Å². The third-order valence-electron chi connectivity index (χ3n) is 5.55. The van der Waals surface area contributed by atoms with Crippen LogP contribution in [-0.4, -0.2) is 54.1 Å². The number of benzene rings is 2. The molecule has 1 aliphatic heterocycles. The SMILES string of the molecule is CCc1cc(CNC(=NC)N2CCN(Cc3cccc4ccccc34)CC2)on1. The van der Waals surface area contributed by atoms with E-state index in [1.54, 1.807) is 0 Å². The fraction of sp³-hybridized carbons (Fsp3) is 0.391. The molecule has 0 atom stereocenters. The van der Waals surface area contributed by atoms with Crippen LogP contribution in [0.4, 0.5) is 0 Å². The van der Waals surface area contributed by atoms with Gasteiger partial charge in [-0.1, -0.05) is 54.5 Å². The van der Waals surface area contributed by atoms with Crippen molar-refractivity contribution in [1.29, 1.82) is 0 Å². The fourth-order valence-electron chi connectivity index (χ4n) is 3.89. The summed E-state index contributed by atoms with van der Waals surface area (Å²) in [5.74, 6) is 1.77. The lowest BCUT2D eigenvalue weighted by Gasteiger charge is -2.36. The highest BCUT2D eigenvalue weighted by Gasteiger charge is 2.20. The number of piperazine rings is 1. The second-order valence-corrected chi connectivity index (χ2v) is 7.44. The lowest BCUT2D eigenvalue weighted by molar-refractivity contribution is 0.172. The number of aliphatic imine (C=N–C) groups is 1. The van der Waals surface area contributed by atoms with Crippen molar-refractivity contribution >= 4 is 16.7 Å². The van der Waals surface area contributed by atoms with Gasteiger partial charge in [-0.15, -0.1) is 0 Å². The minimum absolute atomic E-state index is 0.607. The van der Waals surface area contributed by atoms with E-state index in [0.29, 0.717) is 6.54 Å². The van der Waals surface area contributed by atoms with Gasteiger partial charge in [-0.3, -0.25) is 9.89 Å². The first-order valence-electron chi connectivity index (χ1n) is 10.4. The van der Waals surface area contributed by atoms with Gasteiger partial charge in [0.25, 0.3) is 0 Å². The van der Waals surface area contributed by atoms with Crippen molar-refractivity contribution in [2.75, 3.05) is 33.2 Å². The molecule has 0 radical (unpaired) electrons. The van der Waals surface area contributed by atoms with Gasteiger partial charge in [0.15, 0.2) is 11.7 Å². The van der Waals surface area contributed by atoms with Gasteiger partial charge in [-0.25, -0.2) is 0 Å². The Hall–Kier alpha value is -2.86. The number of rotatable bonds is 5. The minimum Gasteiger partial charge on any atom is -0.359 e. The average molecular weight is 392 g/mol. The lowest BCUT2D eigenvalue weighted by atomic mass is 10.0. The second kappa shape index (κ2) is 9.09. The summed E-state index contributed by atoms with van der Waals surface area (Å²) in [6.07, 6.45) is 0.886. The van der Waals surface area contributed by atoms with Crippen LogP contribution >= 0.6 is 0 Å². The van der Waals surface area contributed by atoms with Gasteiger partial charge in [0, 0.05) is 45.8 Å². The quantitative estimate of drug-likeness (QED) is 0.534. The van der Waals surface area contributed by atoms with Crippen molar-refractivity contribution in [2.45, 2.75) is 26.4 Å². The van der Waals surface area contributed by atoms with E-state index in [0.717, 1.165) is 56.6 Å². The van der Waals surface area contributed by atoms with Gasteiger partial charge in [-0.2, -0.15) is 0 Å². The summed E-state index contributed by atoms with van der Waals surface area (Å²) in [7, 11) is 1.84. The summed E-state index contributed by atoms with van der Waals surface area (Å²) in [4.78, 5) is 9.29. The largest absolute Gasteiger partial charge is 0.359 e. The Morgan fingerprint density at radius 2 is 1.90 bits per heavy atom. The van der Waals surface area contributed by atoms with Crippen molar-refractivity contribution in [3.05, 3.63) is 65.5 Å². The van der Waals surface area contributed by atoms with Gasteiger partial charge in [0.05, 0.1) is 12.2 Å². The van der Waals surface area contributed by atoms with E-state index in [4.69, 9.17) is 4.52 Å². The third-order valence-corrected chi connectivity index (χ3v) is 5.55. The first-order chi connectivity index (χ1) is 14.3. The zero-order valence-corrected chi connectivity index (χ0v) is 17.3. The van der Waals surface area contributed by atoms with Crippen LogP contribution in [0.3, 0.4) is 0 Å². The molecule has 152 valence electrons. The van der Waals surface area contributed by atoms with E-state index in [1.807, 2.05) is 13.1 Å². The molecule has 1 fully saturated rings. The fourth-order valence-corrected chi connectivity index (χ4v) is 3.89. The number of fused-ring (bicyclic) bond motifs is 1. The Kier molecular flexibility index (Phi) is 6.10. The number of aromatic nitrogens is 1. The number of hydrogen-bond acceptors (Lipinski definition) is 4. The van der Waals surface area contributed by atoms with E-state index < -0.39 is 0 Å². The highest BCUT2D eigenvalue weighted by atomic mass is 16.5. The molecule has 29 heavy (non-hydrogen) atoms. The summed E-state index contributed by atoms with van der Waals surface area (Å²) >= 11 is 0. The standard InChI is InChI=1S/C23H29N5O/c1-3-20-15-21(29-26-20)16-25-23(24-2)28-13-11-27(12-14-28)17-19-9-6-8-18-7-4-5-10-22(18)19/h4-10,15H,3,11-14,16-17H2,1-2H3,(H,24,25). The van der Waals surface area contributed by atoms with Crippen LogP contribution in [0.2, 0.25) is 0 Å². The van der Waals surface area contributed by atoms with Crippen molar-refractivity contribution in [3.8, 4) is 0 Å². The molecule has 0 aliphatic carbocycles. The van der Waals surface area contributed by atoms with Crippen molar-refractivity contribution < 1.29 is 4.52 Å². The second-order valence-electron chi connectivity index (χ2n) is 7.44. The van der Waals surface area contributed by atoms with Crippen molar-refractivity contribution in [3.63, 3.8) is 0 Å². The van der Waals surface area contributed by atoms with E-state index in [1.165, 1.54) is 16.3 Å². The Balaban J connectivity index is 1.32. The van der Waals surface area contributed by atoms with E-state index in [9.17, 15) is 0 Å². The number of aryl methyl sites for hydroxylation is 1. The summed E-state index contributed by atoms with van der Waals surface area (Å²) in [5, 5.41) is 10.1. The summed E-state index contributed by atoms with van der Waals surface area (Å²) in [6.45, 7) is 7.63. The molecule has 1 saturated heterocycles. The predicted molar refractivity (Wildman–Crippen MR) is 117 cm³/mol. The van der Waals surface area contributed by atoms with Crippen LogP contribution in [-0.2, 0) is 19.5 Å². The number of hydrogen-bond donors (Lipinski definition) is 1. The van der Waals surface area contributed by atoms with Crippen LogP contribution in [0.5, 0.6) is 0 Å². The topological polar surface area (TPSA) is 56.9 Å². The van der Waals surface area contributed by atoms with E-state index >= 15 is 0 Å². The molecule has 4 rings (SSSR count). The van der Waals surface area contributed by atoms with Crippen LogP contribution < -0.4 is 5.32 Å². The van der Waals surface area contributed by atoms with Crippen molar-refractivity contribution in [2.24, 2.45) is 4.99 Å². The maximum Gasteiger partial charge on any atom is 0.194 e. The molecule has 0 amide bonds. The molecule has 2 heterocycles. The van der Waals surface area contributed by atoms with Gasteiger partial charge in [-0.05, 0) is 22.8 Å². The number of nitrogens with zero attached hydrogens (tertiary/aromatic N) is 4. The Bertz CT molecular complexity index is 967. The minimum atomic E-state index is 0.607. The molecule has 1 aromatic heterocycles. The summed E-state index contributed by atoms with van der Waals surface area (Å²) < 4.78 is 5.36. The highest BCUT2D eigenvalue weighted by molar-refractivity contribution is 5.85. The molecular formula is C23H29N5O. The third kappa shape index (κ3) is 4.59. The normalized spacial score (nSPS) is 15.8. The smallest absolute Gasteiger partial charge is 0.194 e. The van der Waals surface area contributed by atoms with Crippen LogP contribution in [0.1, 0.15) is 23.9 Å². The molecule has 6 nitrogen and oxygen atoms in total. The number of guanidine groups is 1. The van der Waals surface area contributed by atoms with Crippen molar-refractivity contribution in [1.82, 2.24) is 20.3 Å². The molecule has 0 saturated carbocycles. The summed E-state index contributed by atoms with van der Waals surface area (Å²) in [6, 6.07) is 17.2. The highest BCUT2D eigenvalue weighted by Crippen LogP contribution is 2.20. The molecule has 2 aromatic carbocycles. The summed E-state index contributed by atoms with van der Waals surface area (Å²) in [5.41, 5.74) is 2.38. The zero-order valence-electron chi connectivity index (χ0n) is 17.3. The zero-order chi connectivity index (χ0) is 20.1. The predicted octanol–water partition coefficient (Wildman–Crippen LogP) is 3.28. The van der Waals surface area contributed by atoms with E-state index in [2.05, 4.69) is 74.7 Å². The maximum atomic E-state index is 5.36. The van der Waals surface area contributed by atoms with Gasteiger partial charge in [0.1, 0.15) is 0 Å².